The SMILES string of the molecule is CCCC1=Cc2c(-c3ccc(C)cc3)cccc2[CH]1[Ti+2]1([CH]2C(CCC)=Cc3c(-c4ccc(C)cc4)cccc32)[CH2][CH2]1.[Cl-].[Cl-]. The van der Waals surface area contributed by atoms with Crippen molar-refractivity contribution in [2.45, 2.75) is 71.3 Å². The fraction of sp³-hybridized carbons (Fsp3) is 0.300. The van der Waals surface area contributed by atoms with E-state index < -0.39 is 16.6 Å². The van der Waals surface area contributed by atoms with Crippen LogP contribution in [-0.4, -0.2) is 0 Å². The maximum Gasteiger partial charge on any atom is -1.00 e. The van der Waals surface area contributed by atoms with Gasteiger partial charge in [0.05, 0.1) is 0 Å². The molecule has 7 rings (SSSR count). The monoisotopic (exact) mass is 640 g/mol. The van der Waals surface area contributed by atoms with Crippen LogP contribution < -0.4 is 24.8 Å². The minimum Gasteiger partial charge on any atom is -1.00 e. The van der Waals surface area contributed by atoms with Gasteiger partial charge in [-0.1, -0.05) is 0 Å². The van der Waals surface area contributed by atoms with Crippen LogP contribution >= 0.6 is 0 Å². The van der Waals surface area contributed by atoms with Crippen molar-refractivity contribution in [1.29, 1.82) is 0 Å². The van der Waals surface area contributed by atoms with Gasteiger partial charge < -0.3 is 24.8 Å². The molecule has 0 radical (unpaired) electrons. The third-order valence-electron chi connectivity index (χ3n) is 10.1. The summed E-state index contributed by atoms with van der Waals surface area (Å²) in [6.07, 6.45) is 10.2. The molecule has 0 bridgehead atoms. The van der Waals surface area contributed by atoms with Crippen molar-refractivity contribution < 1.29 is 41.4 Å². The van der Waals surface area contributed by atoms with Crippen LogP contribution in [0.2, 0.25) is 9.45 Å². The van der Waals surface area contributed by atoms with E-state index in [1.807, 2.05) is 0 Å². The van der Waals surface area contributed by atoms with Gasteiger partial charge in [-0.15, -0.1) is 0 Å². The summed E-state index contributed by atoms with van der Waals surface area (Å²) in [5.74, 6) is 0. The summed E-state index contributed by atoms with van der Waals surface area (Å²) in [4.78, 5) is 0. The molecule has 2 atom stereocenters. The number of hydrogen-bond acceptors (Lipinski definition) is 0. The Hall–Kier alpha value is -2.35. The summed E-state index contributed by atoms with van der Waals surface area (Å²) >= 11 is -2.38. The van der Waals surface area contributed by atoms with Crippen LogP contribution in [0.15, 0.2) is 96.1 Å². The predicted octanol–water partition coefficient (Wildman–Crippen LogP) is 5.83. The number of rotatable bonds is 8. The Morgan fingerprint density at radius 3 is 1.30 bits per heavy atom. The van der Waals surface area contributed by atoms with E-state index in [-0.39, 0.29) is 24.8 Å². The second-order valence-electron chi connectivity index (χ2n) is 12.9. The van der Waals surface area contributed by atoms with E-state index in [1.165, 1.54) is 79.6 Å². The van der Waals surface area contributed by atoms with Crippen molar-refractivity contribution >= 4 is 12.2 Å². The summed E-state index contributed by atoms with van der Waals surface area (Å²) in [5.41, 5.74) is 18.1. The predicted molar refractivity (Wildman–Crippen MR) is 174 cm³/mol. The molecule has 4 aromatic rings. The van der Waals surface area contributed by atoms with E-state index in [9.17, 15) is 0 Å². The van der Waals surface area contributed by atoms with Crippen LogP contribution in [0.3, 0.4) is 0 Å². The summed E-state index contributed by atoms with van der Waals surface area (Å²) < 4.78 is 4.38. The van der Waals surface area contributed by atoms with Crippen molar-refractivity contribution in [1.82, 2.24) is 0 Å². The molecule has 2 aliphatic carbocycles. The Bertz CT molecular complexity index is 1550. The average molecular weight is 642 g/mol. The quantitative estimate of drug-likeness (QED) is 0.213. The fourth-order valence-electron chi connectivity index (χ4n) is 8.15. The molecule has 3 heteroatoms. The second kappa shape index (κ2) is 12.9. The van der Waals surface area contributed by atoms with E-state index in [0.717, 1.165) is 0 Å². The number of halogens is 2. The summed E-state index contributed by atoms with van der Waals surface area (Å²) in [6, 6.07) is 32.8. The molecule has 220 valence electrons. The molecule has 1 aliphatic heterocycles. The van der Waals surface area contributed by atoms with Gasteiger partial charge in [0.25, 0.3) is 0 Å². The van der Waals surface area contributed by atoms with Gasteiger partial charge in [-0.2, -0.15) is 0 Å². The zero-order chi connectivity index (χ0) is 28.1. The van der Waals surface area contributed by atoms with Gasteiger partial charge in [0.2, 0.25) is 0 Å². The van der Waals surface area contributed by atoms with Gasteiger partial charge in [-0.05, 0) is 0 Å². The summed E-state index contributed by atoms with van der Waals surface area (Å²) in [6.45, 7) is 9.11. The van der Waals surface area contributed by atoms with E-state index >= 15 is 0 Å². The van der Waals surface area contributed by atoms with Crippen molar-refractivity contribution in [2.75, 3.05) is 0 Å². The Balaban J connectivity index is 0.00000184. The first-order valence-corrected chi connectivity index (χ1v) is 19.9. The van der Waals surface area contributed by atoms with Gasteiger partial charge in [-0.25, -0.2) is 0 Å². The van der Waals surface area contributed by atoms with Crippen LogP contribution in [0.5, 0.6) is 0 Å². The van der Waals surface area contributed by atoms with Gasteiger partial charge in [-0.3, -0.25) is 0 Å². The van der Waals surface area contributed by atoms with Crippen molar-refractivity contribution in [3.63, 3.8) is 0 Å². The molecule has 43 heavy (non-hydrogen) atoms. The zero-order valence-electron chi connectivity index (χ0n) is 25.9. The van der Waals surface area contributed by atoms with Crippen LogP contribution in [0, 0.1) is 13.8 Å². The molecule has 1 fully saturated rings. The molecule has 0 aromatic heterocycles. The van der Waals surface area contributed by atoms with Crippen LogP contribution in [0.4, 0.5) is 0 Å². The number of benzene rings is 4. The van der Waals surface area contributed by atoms with E-state index in [4.69, 9.17) is 0 Å². The molecule has 0 saturated carbocycles. The van der Waals surface area contributed by atoms with Crippen molar-refractivity contribution in [2.24, 2.45) is 0 Å². The minimum atomic E-state index is -2.38. The molecule has 1 saturated heterocycles. The molecule has 0 spiro atoms. The fourth-order valence-corrected chi connectivity index (χ4v) is 18.5. The summed E-state index contributed by atoms with van der Waals surface area (Å²) in [7, 11) is 0. The van der Waals surface area contributed by atoms with Crippen LogP contribution in [-0.2, 0) is 16.6 Å². The van der Waals surface area contributed by atoms with Crippen molar-refractivity contribution in [3.05, 3.63) is 129 Å². The Kier molecular flexibility index (Phi) is 9.65. The molecular formula is C40H42Cl2Ti. The topological polar surface area (TPSA) is 0 Å². The first-order chi connectivity index (χ1) is 20.0. The smallest absolute Gasteiger partial charge is 1.00 e. The third-order valence-corrected chi connectivity index (χ3v) is 18.4. The Morgan fingerprint density at radius 1 is 0.558 bits per heavy atom. The Labute approximate surface area is 274 Å². The number of fused-ring (bicyclic) bond motifs is 2. The standard InChI is InChI=1S/2C19H19.C2H4.2ClH.Ti/c2*1-3-5-15-12-17-6-4-7-18(19(17)13-15)16-10-8-14(2)9-11-16;1-2;;;/h2*4,6-13H,3,5H2,1-2H3;1-2H2;2*1H;/q;;;;;+2/p-2. The molecule has 4 aromatic carbocycles. The normalized spacial score (nSPS) is 18.2. The molecule has 1 heterocycles. The maximum atomic E-state index is 2.64. The van der Waals surface area contributed by atoms with E-state index in [1.54, 1.807) is 22.3 Å². The van der Waals surface area contributed by atoms with Crippen LogP contribution in [0.1, 0.15) is 81.4 Å². The molecular weight excluding hydrogens is 599 g/mol. The minimum absolute atomic E-state index is 0. The molecule has 2 unspecified atom stereocenters. The largest absolute Gasteiger partial charge is 1.00 e. The first kappa shape index (κ1) is 32.1. The van der Waals surface area contributed by atoms with Crippen LogP contribution in [0.25, 0.3) is 34.4 Å². The average Bonchev–Trinajstić information content (AvgIpc) is 3.53. The molecule has 0 amide bonds. The van der Waals surface area contributed by atoms with Crippen molar-refractivity contribution in [3.8, 4) is 22.3 Å². The third kappa shape index (κ3) is 5.55. The van der Waals surface area contributed by atoms with Gasteiger partial charge >= 0.3 is 252 Å². The van der Waals surface area contributed by atoms with Gasteiger partial charge in [0, 0.05) is 0 Å². The Morgan fingerprint density at radius 2 is 0.953 bits per heavy atom. The molecule has 3 aliphatic rings. The number of allylic oxidation sites excluding steroid dienone is 2. The first-order valence-electron chi connectivity index (χ1n) is 15.8. The maximum absolute atomic E-state index is 2.64. The van der Waals surface area contributed by atoms with Gasteiger partial charge in [0.15, 0.2) is 0 Å². The van der Waals surface area contributed by atoms with E-state index in [0.29, 0.717) is 8.45 Å². The van der Waals surface area contributed by atoms with Gasteiger partial charge in [0.1, 0.15) is 0 Å². The summed E-state index contributed by atoms with van der Waals surface area (Å²) in [5, 5.41) is 0. The molecule has 0 nitrogen and oxygen atoms in total. The zero-order valence-corrected chi connectivity index (χ0v) is 29.0. The number of aryl methyl sites for hydroxylation is 2. The molecule has 0 N–H and O–H groups in total. The number of hydrogen-bond donors (Lipinski definition) is 0. The van der Waals surface area contributed by atoms with E-state index in [2.05, 4.69) is 125 Å². The second-order valence-corrected chi connectivity index (χ2v) is 20.1.